The zero-order valence-electron chi connectivity index (χ0n) is 10.3. The number of fused-ring (bicyclic) bond motifs is 1. The van der Waals surface area contributed by atoms with Gasteiger partial charge in [0.05, 0.1) is 6.42 Å². The van der Waals surface area contributed by atoms with Gasteiger partial charge in [0.15, 0.2) is 5.78 Å². The van der Waals surface area contributed by atoms with Gasteiger partial charge >= 0.3 is 5.97 Å². The highest BCUT2D eigenvalue weighted by molar-refractivity contribution is 6.04. The van der Waals surface area contributed by atoms with E-state index in [2.05, 4.69) is 0 Å². The molecule has 1 aliphatic carbocycles. The van der Waals surface area contributed by atoms with Crippen LogP contribution in [0.1, 0.15) is 42.1 Å². The lowest BCUT2D eigenvalue weighted by atomic mass is 9.67. The number of phenols is 1. The molecule has 1 aromatic carbocycles. The zero-order chi connectivity index (χ0) is 13.3. The summed E-state index contributed by atoms with van der Waals surface area (Å²) in [5, 5.41) is 18.4. The lowest BCUT2D eigenvalue weighted by Crippen LogP contribution is -2.37. The van der Waals surface area contributed by atoms with Crippen molar-refractivity contribution in [1.82, 2.24) is 0 Å². The second-order valence-corrected chi connectivity index (χ2v) is 4.87. The molecular formula is C14H16O4. The Morgan fingerprint density at radius 3 is 2.78 bits per heavy atom. The van der Waals surface area contributed by atoms with Gasteiger partial charge in [-0.3, -0.25) is 9.59 Å². The van der Waals surface area contributed by atoms with Crippen molar-refractivity contribution in [2.24, 2.45) is 5.41 Å². The van der Waals surface area contributed by atoms with E-state index in [1.807, 2.05) is 6.92 Å². The molecule has 2 N–H and O–H groups in total. The maximum Gasteiger partial charge on any atom is 0.304 e. The van der Waals surface area contributed by atoms with Crippen LogP contribution in [0.5, 0.6) is 5.75 Å². The molecule has 0 bridgehead atoms. The Bertz CT molecular complexity index is 507. The minimum Gasteiger partial charge on any atom is -0.508 e. The van der Waals surface area contributed by atoms with Crippen LogP contribution in [0, 0.1) is 5.41 Å². The monoisotopic (exact) mass is 248 g/mol. The minimum absolute atomic E-state index is 0.103. The molecular weight excluding hydrogens is 232 g/mol. The van der Waals surface area contributed by atoms with Gasteiger partial charge in [0.25, 0.3) is 0 Å². The van der Waals surface area contributed by atoms with Gasteiger partial charge in [-0.2, -0.15) is 0 Å². The fraction of sp³-hybridized carbons (Fsp3) is 0.429. The Labute approximate surface area is 105 Å². The summed E-state index contributed by atoms with van der Waals surface area (Å²) in [6, 6.07) is 4.66. The van der Waals surface area contributed by atoms with Gasteiger partial charge in [0.2, 0.25) is 0 Å². The molecule has 96 valence electrons. The molecule has 1 aliphatic rings. The summed E-state index contributed by atoms with van der Waals surface area (Å²) in [4.78, 5) is 23.4. The number of carboxylic acid groups (broad SMARTS) is 1. The predicted octanol–water partition coefficient (Wildman–Crippen LogP) is 2.39. The molecule has 0 saturated carbocycles. The minimum atomic E-state index is -0.938. The van der Waals surface area contributed by atoms with Crippen molar-refractivity contribution in [2.75, 3.05) is 0 Å². The summed E-state index contributed by atoms with van der Waals surface area (Å²) >= 11 is 0. The predicted molar refractivity (Wildman–Crippen MR) is 65.7 cm³/mol. The van der Waals surface area contributed by atoms with E-state index < -0.39 is 11.4 Å². The molecule has 0 saturated heterocycles. The lowest BCUT2D eigenvalue weighted by molar-refractivity contribution is -0.139. The van der Waals surface area contributed by atoms with Crippen LogP contribution in [-0.2, 0) is 11.2 Å². The number of aryl methyl sites for hydroxylation is 1. The average Bonchev–Trinajstić information content (AvgIpc) is 2.32. The summed E-state index contributed by atoms with van der Waals surface area (Å²) in [6.45, 7) is 1.85. The standard InChI is InChI=1S/C14H16O4/c1-2-14(8-12(16)17)6-5-9-7-10(15)3-4-11(9)13(14)18/h3-4,7,15H,2,5-6,8H2,1H3,(H,16,17)/t14-/m0/s1. The van der Waals surface area contributed by atoms with Crippen LogP contribution in [0.15, 0.2) is 18.2 Å². The van der Waals surface area contributed by atoms with Gasteiger partial charge in [-0.15, -0.1) is 0 Å². The van der Waals surface area contributed by atoms with Gasteiger partial charge < -0.3 is 10.2 Å². The number of Topliss-reactive ketones (excluding diaryl/α,β-unsaturated/α-hetero) is 1. The molecule has 0 amide bonds. The van der Waals surface area contributed by atoms with Crippen molar-refractivity contribution in [3.05, 3.63) is 29.3 Å². The van der Waals surface area contributed by atoms with Crippen molar-refractivity contribution >= 4 is 11.8 Å². The fourth-order valence-electron chi connectivity index (χ4n) is 2.70. The van der Waals surface area contributed by atoms with Crippen LogP contribution < -0.4 is 0 Å². The van der Waals surface area contributed by atoms with Gasteiger partial charge in [-0.05, 0) is 43.0 Å². The molecule has 0 heterocycles. The van der Waals surface area contributed by atoms with E-state index in [0.29, 0.717) is 24.8 Å². The Morgan fingerprint density at radius 2 is 2.17 bits per heavy atom. The number of aromatic hydroxyl groups is 1. The highest BCUT2D eigenvalue weighted by Crippen LogP contribution is 2.41. The van der Waals surface area contributed by atoms with Crippen LogP contribution in [0.4, 0.5) is 0 Å². The van der Waals surface area contributed by atoms with E-state index in [4.69, 9.17) is 5.11 Å². The van der Waals surface area contributed by atoms with Crippen LogP contribution in [-0.4, -0.2) is 22.0 Å². The third-order valence-electron chi connectivity index (χ3n) is 3.85. The van der Waals surface area contributed by atoms with Gasteiger partial charge in [-0.25, -0.2) is 0 Å². The SMILES string of the molecule is CC[C@@]1(CC(=O)O)CCc2cc(O)ccc2C1=O. The Kier molecular flexibility index (Phi) is 3.11. The maximum atomic E-state index is 12.5. The molecule has 0 aliphatic heterocycles. The molecule has 1 aromatic rings. The second-order valence-electron chi connectivity index (χ2n) is 4.87. The molecule has 0 unspecified atom stereocenters. The number of phenolic OH excluding ortho intramolecular Hbond substituents is 1. The Morgan fingerprint density at radius 1 is 1.44 bits per heavy atom. The third-order valence-corrected chi connectivity index (χ3v) is 3.85. The first-order valence-corrected chi connectivity index (χ1v) is 6.07. The van der Waals surface area contributed by atoms with Crippen molar-refractivity contribution in [3.63, 3.8) is 0 Å². The molecule has 0 radical (unpaired) electrons. The van der Waals surface area contributed by atoms with Crippen molar-refractivity contribution < 1.29 is 19.8 Å². The molecule has 1 atom stereocenters. The molecule has 4 heteroatoms. The first kappa shape index (κ1) is 12.6. The maximum absolute atomic E-state index is 12.5. The van der Waals surface area contributed by atoms with E-state index in [1.54, 1.807) is 12.1 Å². The smallest absolute Gasteiger partial charge is 0.304 e. The summed E-state index contributed by atoms with van der Waals surface area (Å²) in [6.07, 6.45) is 1.57. The van der Waals surface area contributed by atoms with Crippen molar-refractivity contribution in [2.45, 2.75) is 32.6 Å². The number of carboxylic acids is 1. The number of hydrogen-bond acceptors (Lipinski definition) is 3. The fourth-order valence-corrected chi connectivity index (χ4v) is 2.70. The molecule has 4 nitrogen and oxygen atoms in total. The van der Waals surface area contributed by atoms with Crippen molar-refractivity contribution in [3.8, 4) is 5.75 Å². The average molecular weight is 248 g/mol. The van der Waals surface area contributed by atoms with Crippen LogP contribution in [0.3, 0.4) is 0 Å². The summed E-state index contributed by atoms with van der Waals surface area (Å²) in [5.74, 6) is -0.898. The highest BCUT2D eigenvalue weighted by Gasteiger charge is 2.42. The number of ketones is 1. The van der Waals surface area contributed by atoms with Crippen LogP contribution >= 0.6 is 0 Å². The van der Waals surface area contributed by atoms with Gasteiger partial charge in [0.1, 0.15) is 5.75 Å². The number of benzene rings is 1. The quantitative estimate of drug-likeness (QED) is 0.861. The first-order valence-electron chi connectivity index (χ1n) is 6.07. The molecule has 18 heavy (non-hydrogen) atoms. The van der Waals surface area contributed by atoms with Crippen LogP contribution in [0.2, 0.25) is 0 Å². The highest BCUT2D eigenvalue weighted by atomic mass is 16.4. The molecule has 0 aromatic heterocycles. The second kappa shape index (κ2) is 4.44. The summed E-state index contributed by atoms with van der Waals surface area (Å²) in [5.41, 5.74) is 0.590. The van der Waals surface area contributed by atoms with E-state index in [0.717, 1.165) is 5.56 Å². The number of aliphatic carboxylic acids is 1. The molecule has 0 fully saturated rings. The third kappa shape index (κ3) is 1.98. The lowest BCUT2D eigenvalue weighted by Gasteiger charge is -2.34. The molecule has 2 rings (SSSR count). The Balaban J connectivity index is 2.43. The van der Waals surface area contributed by atoms with Crippen molar-refractivity contribution in [1.29, 1.82) is 0 Å². The molecule has 0 spiro atoms. The largest absolute Gasteiger partial charge is 0.508 e. The number of hydrogen-bond donors (Lipinski definition) is 2. The normalized spacial score (nSPS) is 22.6. The number of carbonyl (C=O) groups is 2. The van der Waals surface area contributed by atoms with Crippen LogP contribution in [0.25, 0.3) is 0 Å². The summed E-state index contributed by atoms with van der Waals surface area (Å²) in [7, 11) is 0. The van der Waals surface area contributed by atoms with E-state index in [-0.39, 0.29) is 18.0 Å². The van der Waals surface area contributed by atoms with E-state index in [9.17, 15) is 14.7 Å². The van der Waals surface area contributed by atoms with Gasteiger partial charge in [0, 0.05) is 11.0 Å². The topological polar surface area (TPSA) is 74.6 Å². The van der Waals surface area contributed by atoms with E-state index >= 15 is 0 Å². The Hall–Kier alpha value is -1.84. The number of carbonyl (C=O) groups excluding carboxylic acids is 1. The number of rotatable bonds is 3. The zero-order valence-corrected chi connectivity index (χ0v) is 10.3. The first-order chi connectivity index (χ1) is 8.48. The van der Waals surface area contributed by atoms with Gasteiger partial charge in [-0.1, -0.05) is 6.92 Å². The summed E-state index contributed by atoms with van der Waals surface area (Å²) < 4.78 is 0. The van der Waals surface area contributed by atoms with E-state index in [1.165, 1.54) is 6.07 Å².